The molecule has 2 aromatic heterocycles. The number of nitro groups is 1. The number of aromatic carboxylic acids is 1. The number of anilines is 1. The lowest BCUT2D eigenvalue weighted by Crippen LogP contribution is -2.16. The van der Waals surface area contributed by atoms with Crippen molar-refractivity contribution in [1.29, 1.82) is 0 Å². The minimum atomic E-state index is -1.20. The maximum Gasteiger partial charge on any atom is 0.340 e. The van der Waals surface area contributed by atoms with Crippen LogP contribution in [0.5, 0.6) is 0 Å². The number of hydrogen-bond acceptors (Lipinski definition) is 6. The lowest BCUT2D eigenvalue weighted by atomic mass is 10.2. The first-order valence-corrected chi connectivity index (χ1v) is 6.40. The minimum absolute atomic E-state index is 0.0455. The highest BCUT2D eigenvalue weighted by atomic mass is 32.1. The van der Waals surface area contributed by atoms with Gasteiger partial charge in [0.2, 0.25) is 0 Å². The Morgan fingerprint density at radius 3 is 2.71 bits per heavy atom. The first-order chi connectivity index (χ1) is 9.81. The van der Waals surface area contributed by atoms with Gasteiger partial charge in [0.25, 0.3) is 11.6 Å². The molecule has 10 heteroatoms. The van der Waals surface area contributed by atoms with Crippen LogP contribution in [0.4, 0.5) is 10.7 Å². The average Bonchev–Trinajstić information content (AvgIpc) is 2.93. The zero-order chi connectivity index (χ0) is 15.7. The van der Waals surface area contributed by atoms with E-state index in [9.17, 15) is 19.7 Å². The van der Waals surface area contributed by atoms with E-state index in [0.717, 1.165) is 17.6 Å². The summed E-state index contributed by atoms with van der Waals surface area (Å²) >= 11 is 0.841. The average molecular weight is 310 g/mol. The van der Waals surface area contributed by atoms with E-state index in [-0.39, 0.29) is 21.9 Å². The van der Waals surface area contributed by atoms with Gasteiger partial charge < -0.3 is 15.0 Å². The van der Waals surface area contributed by atoms with Gasteiger partial charge in [0, 0.05) is 13.1 Å². The molecule has 0 saturated heterocycles. The fraction of sp³-hybridized carbons (Fsp3) is 0.182. The van der Waals surface area contributed by atoms with Gasteiger partial charge in [-0.15, -0.1) is 0 Å². The molecule has 0 unspecified atom stereocenters. The van der Waals surface area contributed by atoms with Crippen molar-refractivity contribution in [3.63, 3.8) is 0 Å². The van der Waals surface area contributed by atoms with Crippen LogP contribution in [-0.4, -0.2) is 30.8 Å². The highest BCUT2D eigenvalue weighted by Gasteiger charge is 2.22. The molecule has 0 aliphatic carbocycles. The normalized spacial score (nSPS) is 10.4. The van der Waals surface area contributed by atoms with Crippen LogP contribution in [0.25, 0.3) is 0 Å². The number of carbonyl (C=O) groups is 2. The van der Waals surface area contributed by atoms with Gasteiger partial charge in [-0.2, -0.15) is 4.37 Å². The third kappa shape index (κ3) is 2.74. The molecule has 0 saturated carbocycles. The van der Waals surface area contributed by atoms with E-state index < -0.39 is 16.8 Å². The Kier molecular flexibility index (Phi) is 3.72. The molecule has 2 heterocycles. The molecule has 2 N–H and O–H groups in total. The van der Waals surface area contributed by atoms with E-state index in [4.69, 9.17) is 5.11 Å². The quantitative estimate of drug-likeness (QED) is 0.652. The number of hydrogen-bond donors (Lipinski definition) is 2. The molecule has 21 heavy (non-hydrogen) atoms. The number of rotatable bonds is 4. The van der Waals surface area contributed by atoms with Crippen LogP contribution < -0.4 is 5.32 Å². The molecule has 9 nitrogen and oxygen atoms in total. The van der Waals surface area contributed by atoms with Gasteiger partial charge in [-0.1, -0.05) is 0 Å². The zero-order valence-electron chi connectivity index (χ0n) is 11.0. The molecule has 0 bridgehead atoms. The largest absolute Gasteiger partial charge is 0.478 e. The molecular formula is C11H10N4O5S. The predicted octanol–water partition coefficient (Wildman–Crippen LogP) is 1.65. The van der Waals surface area contributed by atoms with E-state index >= 15 is 0 Å². The fourth-order valence-electron chi connectivity index (χ4n) is 1.75. The van der Waals surface area contributed by atoms with Gasteiger partial charge >= 0.3 is 5.97 Å². The number of aromatic nitrogens is 2. The van der Waals surface area contributed by atoms with Gasteiger partial charge in [-0.3, -0.25) is 14.9 Å². The number of aryl methyl sites for hydroxylation is 2. The van der Waals surface area contributed by atoms with Crippen LogP contribution in [0, 0.1) is 17.0 Å². The summed E-state index contributed by atoms with van der Waals surface area (Å²) in [6, 6.07) is 1.11. The number of amides is 1. The van der Waals surface area contributed by atoms with Gasteiger partial charge in [-0.25, -0.2) is 4.79 Å². The summed E-state index contributed by atoms with van der Waals surface area (Å²) in [5.41, 5.74) is 0.0309. The van der Waals surface area contributed by atoms with Gasteiger partial charge in [0.1, 0.15) is 16.3 Å². The lowest BCUT2D eigenvalue weighted by Gasteiger charge is -2.04. The second-order valence-corrected chi connectivity index (χ2v) is 4.96. The van der Waals surface area contributed by atoms with Crippen molar-refractivity contribution in [3.8, 4) is 0 Å². The number of carboxylic acids is 1. The van der Waals surface area contributed by atoms with E-state index in [1.54, 1.807) is 0 Å². The second kappa shape index (κ2) is 5.32. The SMILES string of the molecule is Cc1nsc(NC(=O)c2cc([N+](=O)[O-])cn2C)c1C(=O)O. The summed E-state index contributed by atoms with van der Waals surface area (Å²) in [6.07, 6.45) is 1.20. The Morgan fingerprint density at radius 2 is 2.19 bits per heavy atom. The van der Waals surface area contributed by atoms with Gasteiger partial charge in [0.05, 0.1) is 16.8 Å². The van der Waals surface area contributed by atoms with E-state index in [0.29, 0.717) is 5.69 Å². The van der Waals surface area contributed by atoms with Crippen molar-refractivity contribution in [2.45, 2.75) is 6.92 Å². The zero-order valence-corrected chi connectivity index (χ0v) is 11.8. The third-order valence-electron chi connectivity index (χ3n) is 2.74. The first-order valence-electron chi connectivity index (χ1n) is 5.63. The predicted molar refractivity (Wildman–Crippen MR) is 73.8 cm³/mol. The lowest BCUT2D eigenvalue weighted by molar-refractivity contribution is -0.384. The van der Waals surface area contributed by atoms with E-state index in [2.05, 4.69) is 9.69 Å². The van der Waals surface area contributed by atoms with Crippen molar-refractivity contribution in [1.82, 2.24) is 8.94 Å². The summed E-state index contributed by atoms with van der Waals surface area (Å²) in [7, 11) is 1.48. The summed E-state index contributed by atoms with van der Waals surface area (Å²) in [5, 5.41) is 22.2. The monoisotopic (exact) mass is 310 g/mol. The van der Waals surface area contributed by atoms with Crippen LogP contribution >= 0.6 is 11.5 Å². The van der Waals surface area contributed by atoms with Crippen LogP contribution in [0.3, 0.4) is 0 Å². The molecule has 0 spiro atoms. The molecule has 0 aliphatic heterocycles. The maximum absolute atomic E-state index is 12.1. The van der Waals surface area contributed by atoms with Crippen molar-refractivity contribution < 1.29 is 19.6 Å². The summed E-state index contributed by atoms with van der Waals surface area (Å²) in [5.74, 6) is -1.84. The molecular weight excluding hydrogens is 300 g/mol. The van der Waals surface area contributed by atoms with Crippen LogP contribution in [0.15, 0.2) is 12.3 Å². The molecule has 1 amide bonds. The Morgan fingerprint density at radius 1 is 1.52 bits per heavy atom. The third-order valence-corrected chi connectivity index (χ3v) is 3.59. The van der Waals surface area contributed by atoms with Crippen LogP contribution in [0.1, 0.15) is 26.5 Å². The molecule has 110 valence electrons. The van der Waals surface area contributed by atoms with E-state index in [1.807, 2.05) is 0 Å². The molecule has 0 fully saturated rings. The van der Waals surface area contributed by atoms with Crippen LogP contribution in [-0.2, 0) is 7.05 Å². The summed E-state index contributed by atoms with van der Waals surface area (Å²) in [4.78, 5) is 33.2. The van der Waals surface area contributed by atoms with Crippen molar-refractivity contribution in [3.05, 3.63) is 39.3 Å². The number of nitrogens with zero attached hydrogens (tertiary/aromatic N) is 3. The minimum Gasteiger partial charge on any atom is -0.478 e. The highest BCUT2D eigenvalue weighted by Crippen LogP contribution is 2.25. The van der Waals surface area contributed by atoms with Crippen molar-refractivity contribution >= 4 is 34.1 Å². The fourth-order valence-corrected chi connectivity index (χ4v) is 2.53. The van der Waals surface area contributed by atoms with E-state index in [1.165, 1.54) is 24.7 Å². The molecule has 0 radical (unpaired) electrons. The Bertz CT molecular complexity index is 748. The summed E-state index contributed by atoms with van der Waals surface area (Å²) in [6.45, 7) is 1.52. The topological polar surface area (TPSA) is 127 Å². The Balaban J connectivity index is 2.31. The standard InChI is InChI=1S/C11H10N4O5S/c1-5-8(11(17)18)10(21-13-5)12-9(16)7-3-6(15(19)20)4-14(7)2/h3-4H,1-2H3,(H,12,16)(H,17,18). The second-order valence-electron chi connectivity index (χ2n) is 4.18. The maximum atomic E-state index is 12.1. The highest BCUT2D eigenvalue weighted by molar-refractivity contribution is 7.11. The Labute approximate surface area is 122 Å². The van der Waals surface area contributed by atoms with Crippen molar-refractivity contribution in [2.24, 2.45) is 7.05 Å². The van der Waals surface area contributed by atoms with Crippen LogP contribution in [0.2, 0.25) is 0 Å². The number of carboxylic acid groups (broad SMARTS) is 1. The molecule has 0 aliphatic rings. The Hall–Kier alpha value is -2.75. The molecule has 2 aromatic rings. The van der Waals surface area contributed by atoms with Gasteiger partial charge in [0.15, 0.2) is 0 Å². The first kappa shape index (κ1) is 14.7. The number of carbonyl (C=O) groups excluding carboxylic acids is 1. The molecule has 0 aromatic carbocycles. The van der Waals surface area contributed by atoms with Gasteiger partial charge in [-0.05, 0) is 18.5 Å². The smallest absolute Gasteiger partial charge is 0.340 e. The molecule has 2 rings (SSSR count). The van der Waals surface area contributed by atoms with Crippen molar-refractivity contribution in [2.75, 3.05) is 5.32 Å². The number of nitrogens with one attached hydrogen (secondary N) is 1. The molecule has 0 atom stereocenters. The summed E-state index contributed by atoms with van der Waals surface area (Å²) < 4.78 is 5.16.